The fourth-order valence-electron chi connectivity index (χ4n) is 7.96. The molecule has 0 aromatic heterocycles. The molecule has 244 valence electrons. The topological polar surface area (TPSA) is 188 Å². The van der Waals surface area contributed by atoms with Gasteiger partial charge in [-0.25, -0.2) is 0 Å². The number of Topliss-reactive ketones (excluding diaryl/α,β-unsaturated/α-hetero) is 2. The predicted molar refractivity (Wildman–Crippen MR) is 168 cm³/mol. The molecule has 6 rings (SSSR count). The van der Waals surface area contributed by atoms with Gasteiger partial charge in [-0.3, -0.25) is 24.2 Å². The number of phenolic OH excluding ortho intramolecular Hbond substituents is 1. The maximum atomic E-state index is 14.2. The Kier molecular flexibility index (Phi) is 7.85. The third-order valence-electron chi connectivity index (χ3n) is 10.4. The number of nitrogens with two attached hydrogens (primary N) is 1. The Labute approximate surface area is 266 Å². The number of primary amides is 1. The van der Waals surface area contributed by atoms with Gasteiger partial charge in [-0.2, -0.15) is 0 Å². The van der Waals surface area contributed by atoms with Crippen molar-refractivity contribution in [2.24, 2.45) is 17.6 Å². The number of likely N-dealkylation sites (N-methyl/N-ethyl adjacent to an activating group) is 2. The number of carbonyl (C=O) groups is 3. The maximum Gasteiger partial charge on any atom is 0.255 e. The summed E-state index contributed by atoms with van der Waals surface area (Å²) >= 11 is 0. The number of hydrogen-bond donors (Lipinski definition) is 6. The van der Waals surface area contributed by atoms with E-state index in [0.29, 0.717) is 16.7 Å². The Morgan fingerprint density at radius 2 is 1.74 bits per heavy atom. The average Bonchev–Trinajstić information content (AvgIpc) is 3.00. The molecular weight excluding hydrogens is 592 g/mol. The summed E-state index contributed by atoms with van der Waals surface area (Å²) in [7, 11) is 5.10. The number of hydrogen-bond acceptors (Lipinski definition) is 11. The molecule has 1 amide bonds. The summed E-state index contributed by atoms with van der Waals surface area (Å²) in [6, 6.07) is 9.80. The standard InChI is InChI=1S/C34H40N4O8/c1-16-19-8-9-20(18-7-5-6-17(14-18)15-38-12-10-37(4)11-13-38)27(39)22(19)28(40)23-21(16)29(41)25-26(36(2)3)30(42)24(33(35)45)32(44)34(25,46)31(23)43/h5-9,14,16,21,25-26,29,39,41-43,46H,10-13,15H2,1-4H3,(H2,35,45)/t16-,21-,25-,26+,29+,34+/m1/s1. The zero-order chi connectivity index (χ0) is 33.4. The largest absolute Gasteiger partial charge is 0.510 e. The lowest BCUT2D eigenvalue weighted by atomic mass is 9.55. The predicted octanol–water partition coefficient (Wildman–Crippen LogP) is 1.07. The molecule has 12 nitrogen and oxygen atoms in total. The first-order chi connectivity index (χ1) is 21.7. The highest BCUT2D eigenvalue weighted by Gasteiger charge is 2.67. The maximum absolute atomic E-state index is 14.2. The summed E-state index contributed by atoms with van der Waals surface area (Å²) in [6.45, 7) is 6.26. The molecule has 0 spiro atoms. The number of ketones is 2. The fourth-order valence-corrected chi connectivity index (χ4v) is 7.96. The summed E-state index contributed by atoms with van der Waals surface area (Å²) in [6.07, 6.45) is -1.64. The van der Waals surface area contributed by atoms with Crippen LogP contribution in [0.2, 0.25) is 0 Å². The van der Waals surface area contributed by atoms with Crippen LogP contribution < -0.4 is 5.73 Å². The fraction of sp³-hybridized carbons (Fsp3) is 0.441. The molecule has 7 N–H and O–H groups in total. The van der Waals surface area contributed by atoms with Crippen molar-refractivity contribution in [2.75, 3.05) is 47.3 Å². The zero-order valence-electron chi connectivity index (χ0n) is 26.3. The van der Waals surface area contributed by atoms with Crippen LogP contribution in [-0.2, 0) is 16.1 Å². The van der Waals surface area contributed by atoms with Crippen molar-refractivity contribution < 1.29 is 39.9 Å². The van der Waals surface area contributed by atoms with E-state index in [4.69, 9.17) is 5.73 Å². The molecule has 0 radical (unpaired) electrons. The molecular formula is C34H40N4O8. The first-order valence-electron chi connectivity index (χ1n) is 15.4. The first-order valence-corrected chi connectivity index (χ1v) is 15.4. The van der Waals surface area contributed by atoms with E-state index in [-0.39, 0.29) is 11.3 Å². The van der Waals surface area contributed by atoms with Crippen LogP contribution in [0.15, 0.2) is 59.1 Å². The third kappa shape index (κ3) is 4.58. The highest BCUT2D eigenvalue weighted by Crippen LogP contribution is 2.56. The molecule has 6 atom stereocenters. The molecule has 3 aliphatic carbocycles. The Morgan fingerprint density at radius 3 is 2.37 bits per heavy atom. The molecule has 0 saturated carbocycles. The summed E-state index contributed by atoms with van der Waals surface area (Å²) < 4.78 is 0. The molecule has 2 aromatic carbocycles. The molecule has 1 saturated heterocycles. The van der Waals surface area contributed by atoms with Gasteiger partial charge in [-0.1, -0.05) is 37.3 Å². The lowest BCUT2D eigenvalue weighted by Gasteiger charge is -2.53. The number of benzene rings is 2. The van der Waals surface area contributed by atoms with Crippen LogP contribution in [-0.4, -0.2) is 123 Å². The molecule has 1 heterocycles. The van der Waals surface area contributed by atoms with Gasteiger partial charge in [0.2, 0.25) is 5.78 Å². The monoisotopic (exact) mass is 632 g/mol. The van der Waals surface area contributed by atoms with E-state index in [2.05, 4.69) is 16.8 Å². The van der Waals surface area contributed by atoms with Gasteiger partial charge in [0.1, 0.15) is 22.8 Å². The SMILES string of the molecule is C[C@@H]1c2ccc(-c3cccc(CN4CCN(C)CC4)c3)c(O)c2C(=O)C2=C(O)[C@]3(O)C(=O)C(C(N)=O)=C(O)[C@@H](N(C)C)[C@@H]3[C@@H](O)[C@@H]21. The van der Waals surface area contributed by atoms with Crippen molar-refractivity contribution in [3.05, 3.63) is 75.8 Å². The van der Waals surface area contributed by atoms with Gasteiger partial charge in [-0.05, 0) is 49.8 Å². The van der Waals surface area contributed by atoms with Crippen LogP contribution in [0.3, 0.4) is 0 Å². The Morgan fingerprint density at radius 1 is 1.07 bits per heavy atom. The van der Waals surface area contributed by atoms with Crippen LogP contribution in [0, 0.1) is 11.8 Å². The minimum Gasteiger partial charge on any atom is -0.510 e. The minimum atomic E-state index is -2.95. The molecule has 4 aliphatic rings. The second-order valence-corrected chi connectivity index (χ2v) is 13.3. The molecule has 0 unspecified atom stereocenters. The number of carbonyl (C=O) groups excluding carboxylic acids is 3. The van der Waals surface area contributed by atoms with E-state index in [0.717, 1.165) is 38.3 Å². The van der Waals surface area contributed by atoms with E-state index in [9.17, 15) is 39.9 Å². The normalized spacial score (nSPS) is 30.4. The van der Waals surface area contributed by atoms with Gasteiger partial charge in [0.15, 0.2) is 11.4 Å². The van der Waals surface area contributed by atoms with Crippen LogP contribution in [0.4, 0.5) is 0 Å². The molecule has 0 bridgehead atoms. The highest BCUT2D eigenvalue weighted by molar-refractivity contribution is 6.25. The van der Waals surface area contributed by atoms with Crippen LogP contribution in [0.1, 0.15) is 34.3 Å². The Balaban J connectivity index is 1.45. The smallest absolute Gasteiger partial charge is 0.255 e. The number of piperazine rings is 1. The molecule has 2 aromatic rings. The lowest BCUT2D eigenvalue weighted by molar-refractivity contribution is -0.162. The first kappa shape index (κ1) is 31.9. The quantitative estimate of drug-likeness (QED) is 0.259. The molecule has 12 heteroatoms. The van der Waals surface area contributed by atoms with E-state index < -0.39 is 75.6 Å². The van der Waals surface area contributed by atoms with Gasteiger partial charge in [0.25, 0.3) is 5.91 Å². The van der Waals surface area contributed by atoms with E-state index in [1.165, 1.54) is 19.0 Å². The number of aliphatic hydroxyl groups is 4. The second kappa shape index (κ2) is 11.3. The van der Waals surface area contributed by atoms with E-state index in [1.807, 2.05) is 24.3 Å². The number of rotatable bonds is 5. The van der Waals surface area contributed by atoms with Crippen LogP contribution in [0.25, 0.3) is 11.1 Å². The molecule has 1 fully saturated rings. The van der Waals surface area contributed by atoms with Gasteiger partial charge in [0, 0.05) is 49.8 Å². The highest BCUT2D eigenvalue weighted by atomic mass is 16.4. The Hall–Kier alpha value is -4.07. The van der Waals surface area contributed by atoms with Crippen molar-refractivity contribution in [3.8, 4) is 16.9 Å². The summed E-state index contributed by atoms with van der Waals surface area (Å²) in [4.78, 5) is 46.1. The Bertz CT molecular complexity index is 1710. The lowest BCUT2D eigenvalue weighted by Crippen LogP contribution is -2.68. The van der Waals surface area contributed by atoms with Crippen LogP contribution >= 0.6 is 0 Å². The molecule has 46 heavy (non-hydrogen) atoms. The van der Waals surface area contributed by atoms with Crippen molar-refractivity contribution in [2.45, 2.75) is 37.1 Å². The van der Waals surface area contributed by atoms with Gasteiger partial charge < -0.3 is 36.2 Å². The van der Waals surface area contributed by atoms with E-state index >= 15 is 0 Å². The number of aromatic hydroxyl groups is 1. The van der Waals surface area contributed by atoms with Crippen molar-refractivity contribution in [1.82, 2.24) is 14.7 Å². The summed E-state index contributed by atoms with van der Waals surface area (Å²) in [5.74, 6) is -9.04. The number of aliphatic hydroxyl groups excluding tert-OH is 3. The van der Waals surface area contributed by atoms with Gasteiger partial charge >= 0.3 is 0 Å². The van der Waals surface area contributed by atoms with Crippen LogP contribution in [0.5, 0.6) is 5.75 Å². The number of nitrogens with zero attached hydrogens (tertiary/aromatic N) is 3. The van der Waals surface area contributed by atoms with E-state index in [1.54, 1.807) is 19.1 Å². The minimum absolute atomic E-state index is 0.109. The second-order valence-electron chi connectivity index (χ2n) is 13.3. The van der Waals surface area contributed by atoms with Crippen molar-refractivity contribution in [1.29, 1.82) is 0 Å². The molecule has 1 aliphatic heterocycles. The van der Waals surface area contributed by atoms with Gasteiger partial charge in [0.05, 0.1) is 23.6 Å². The number of amides is 1. The van der Waals surface area contributed by atoms with Gasteiger partial charge in [-0.15, -0.1) is 0 Å². The van der Waals surface area contributed by atoms with Crippen molar-refractivity contribution in [3.63, 3.8) is 0 Å². The summed E-state index contributed by atoms with van der Waals surface area (Å²) in [5.41, 5.74) is 3.52. The average molecular weight is 633 g/mol. The number of phenols is 1. The van der Waals surface area contributed by atoms with Crippen molar-refractivity contribution >= 4 is 17.5 Å². The summed E-state index contributed by atoms with van der Waals surface area (Å²) in [5, 5.41) is 57.9. The third-order valence-corrected chi connectivity index (χ3v) is 10.4. The zero-order valence-corrected chi connectivity index (χ0v) is 26.3. The number of fused-ring (bicyclic) bond motifs is 3.